The first kappa shape index (κ1) is 18.8. The fourth-order valence-corrected chi connectivity index (χ4v) is 3.19. The fraction of sp³-hybridized carbons (Fsp3) is 0.211. The summed E-state index contributed by atoms with van der Waals surface area (Å²) in [4.78, 5) is 31.6. The van der Waals surface area contributed by atoms with Gasteiger partial charge < -0.3 is 20.4 Å². The first-order valence-corrected chi connectivity index (χ1v) is 9.32. The van der Waals surface area contributed by atoms with Crippen LogP contribution >= 0.6 is 11.8 Å². The predicted octanol–water partition coefficient (Wildman–Crippen LogP) is 2.73. The van der Waals surface area contributed by atoms with Crippen molar-refractivity contribution in [1.29, 1.82) is 0 Å². The number of para-hydroxylation sites is 2. The molecule has 0 aliphatic rings. The average molecular weight is 384 g/mol. The molecule has 3 N–H and O–H groups in total. The molecular formula is C19H20N4O3S. The van der Waals surface area contributed by atoms with Gasteiger partial charge in [0.15, 0.2) is 5.16 Å². The minimum absolute atomic E-state index is 0.114. The van der Waals surface area contributed by atoms with Crippen molar-refractivity contribution in [3.63, 3.8) is 0 Å². The van der Waals surface area contributed by atoms with Crippen LogP contribution in [0.5, 0.6) is 5.75 Å². The molecule has 0 aliphatic heterocycles. The molecule has 0 radical (unpaired) electrons. The van der Waals surface area contributed by atoms with E-state index in [2.05, 4.69) is 20.6 Å². The van der Waals surface area contributed by atoms with Crippen LogP contribution in [0.3, 0.4) is 0 Å². The fourth-order valence-electron chi connectivity index (χ4n) is 2.48. The number of amides is 2. The van der Waals surface area contributed by atoms with E-state index >= 15 is 0 Å². The number of rotatable bonds is 7. The molecule has 0 aliphatic carbocycles. The number of nitrogens with zero attached hydrogens (tertiary/aromatic N) is 1. The van der Waals surface area contributed by atoms with E-state index in [0.717, 1.165) is 16.6 Å². The molecule has 7 nitrogen and oxygen atoms in total. The van der Waals surface area contributed by atoms with Gasteiger partial charge in [0.1, 0.15) is 5.75 Å². The molecule has 140 valence electrons. The van der Waals surface area contributed by atoms with Gasteiger partial charge in [-0.25, -0.2) is 4.98 Å². The molecule has 0 spiro atoms. The molecule has 1 heterocycles. The molecule has 0 saturated heterocycles. The standard InChI is InChI=1S/C19H20N4O3S/c1-12-7-8-16(26-2)15(9-12)21-17(24)10-20-18(25)11-27-19-22-13-5-3-4-6-14(13)23-19/h3-9H,10-11H2,1-2H3,(H,20,25)(H,21,24)(H,22,23). The van der Waals surface area contributed by atoms with Gasteiger partial charge in [0, 0.05) is 0 Å². The normalized spacial score (nSPS) is 10.6. The van der Waals surface area contributed by atoms with Crippen molar-refractivity contribution in [2.75, 3.05) is 24.7 Å². The number of thioether (sulfide) groups is 1. The lowest BCUT2D eigenvalue weighted by Crippen LogP contribution is -2.34. The van der Waals surface area contributed by atoms with Crippen LogP contribution in [0.4, 0.5) is 5.69 Å². The zero-order chi connectivity index (χ0) is 19.2. The Morgan fingerprint density at radius 1 is 1.19 bits per heavy atom. The number of carbonyl (C=O) groups excluding carboxylic acids is 2. The van der Waals surface area contributed by atoms with Crippen molar-refractivity contribution in [3.8, 4) is 5.75 Å². The number of H-pyrrole nitrogens is 1. The summed E-state index contributed by atoms with van der Waals surface area (Å²) < 4.78 is 5.22. The molecule has 0 bridgehead atoms. The highest BCUT2D eigenvalue weighted by molar-refractivity contribution is 7.99. The summed E-state index contributed by atoms with van der Waals surface area (Å²) in [5, 5.41) is 6.02. The van der Waals surface area contributed by atoms with E-state index in [1.807, 2.05) is 43.3 Å². The van der Waals surface area contributed by atoms with Gasteiger partial charge in [-0.05, 0) is 36.8 Å². The molecule has 8 heteroatoms. The van der Waals surface area contributed by atoms with Gasteiger partial charge in [0.25, 0.3) is 0 Å². The number of aromatic nitrogens is 2. The summed E-state index contributed by atoms with van der Waals surface area (Å²) in [7, 11) is 1.54. The molecule has 2 aromatic carbocycles. The Kier molecular flexibility index (Phi) is 5.97. The predicted molar refractivity (Wildman–Crippen MR) is 106 cm³/mol. The van der Waals surface area contributed by atoms with Gasteiger partial charge in [-0.2, -0.15) is 0 Å². The van der Waals surface area contributed by atoms with Crippen molar-refractivity contribution in [2.45, 2.75) is 12.1 Å². The number of hydrogen-bond donors (Lipinski definition) is 3. The lowest BCUT2D eigenvalue weighted by Gasteiger charge is -2.11. The van der Waals surface area contributed by atoms with Gasteiger partial charge in [0.05, 0.1) is 36.1 Å². The zero-order valence-corrected chi connectivity index (χ0v) is 15.9. The molecule has 0 fully saturated rings. The number of nitrogens with one attached hydrogen (secondary N) is 3. The minimum Gasteiger partial charge on any atom is -0.495 e. The van der Waals surface area contributed by atoms with Crippen LogP contribution in [-0.4, -0.2) is 41.2 Å². The Balaban J connectivity index is 1.47. The number of methoxy groups -OCH3 is 1. The highest BCUT2D eigenvalue weighted by atomic mass is 32.2. The maximum atomic E-state index is 12.1. The number of aromatic amines is 1. The Labute approximate surface area is 160 Å². The second-order valence-corrected chi connectivity index (χ2v) is 6.84. The lowest BCUT2D eigenvalue weighted by molar-refractivity contribution is -0.122. The van der Waals surface area contributed by atoms with E-state index in [1.165, 1.54) is 18.9 Å². The van der Waals surface area contributed by atoms with Crippen molar-refractivity contribution >= 4 is 40.3 Å². The third-order valence-electron chi connectivity index (χ3n) is 3.78. The molecule has 3 rings (SSSR count). The summed E-state index contributed by atoms with van der Waals surface area (Å²) in [6.45, 7) is 1.81. The highest BCUT2D eigenvalue weighted by Gasteiger charge is 2.11. The maximum absolute atomic E-state index is 12.1. The van der Waals surface area contributed by atoms with Crippen molar-refractivity contribution in [1.82, 2.24) is 15.3 Å². The van der Waals surface area contributed by atoms with Gasteiger partial charge >= 0.3 is 0 Å². The summed E-state index contributed by atoms with van der Waals surface area (Å²) in [5.74, 6) is 0.175. The van der Waals surface area contributed by atoms with Gasteiger partial charge in [-0.1, -0.05) is 30.0 Å². The minimum atomic E-state index is -0.319. The van der Waals surface area contributed by atoms with Gasteiger partial charge in [-0.3, -0.25) is 9.59 Å². The number of ether oxygens (including phenoxy) is 1. The first-order valence-electron chi connectivity index (χ1n) is 8.34. The first-order chi connectivity index (χ1) is 13.0. The summed E-state index contributed by atoms with van der Waals surface area (Å²) >= 11 is 1.29. The highest BCUT2D eigenvalue weighted by Crippen LogP contribution is 2.25. The molecule has 1 aromatic heterocycles. The SMILES string of the molecule is COc1ccc(C)cc1NC(=O)CNC(=O)CSc1nc2ccccc2[nH]1. The summed E-state index contributed by atoms with van der Waals surface area (Å²) in [6, 6.07) is 13.2. The molecule has 3 aromatic rings. The molecule has 0 unspecified atom stereocenters. The molecule has 0 atom stereocenters. The maximum Gasteiger partial charge on any atom is 0.243 e. The van der Waals surface area contributed by atoms with Crippen LogP contribution in [0.25, 0.3) is 11.0 Å². The van der Waals surface area contributed by atoms with Crippen LogP contribution in [-0.2, 0) is 9.59 Å². The summed E-state index contributed by atoms with van der Waals surface area (Å²) in [5.41, 5.74) is 3.35. The second-order valence-electron chi connectivity index (χ2n) is 5.88. The van der Waals surface area contributed by atoms with E-state index < -0.39 is 0 Å². The smallest absolute Gasteiger partial charge is 0.243 e. The zero-order valence-electron chi connectivity index (χ0n) is 15.0. The molecule has 27 heavy (non-hydrogen) atoms. The Morgan fingerprint density at radius 2 is 2.00 bits per heavy atom. The van der Waals surface area contributed by atoms with Crippen LogP contribution in [0.1, 0.15) is 5.56 Å². The van der Waals surface area contributed by atoms with Gasteiger partial charge in [0.2, 0.25) is 11.8 Å². The number of imidazole rings is 1. The monoisotopic (exact) mass is 384 g/mol. The number of fused-ring (bicyclic) bond motifs is 1. The third kappa shape index (κ3) is 5.01. The Bertz CT molecular complexity index is 937. The number of carbonyl (C=O) groups is 2. The third-order valence-corrected chi connectivity index (χ3v) is 4.66. The number of benzene rings is 2. The van der Waals surface area contributed by atoms with E-state index in [0.29, 0.717) is 16.6 Å². The van der Waals surface area contributed by atoms with Crippen molar-refractivity contribution in [3.05, 3.63) is 48.0 Å². The van der Waals surface area contributed by atoms with E-state index in [1.54, 1.807) is 6.07 Å². The number of anilines is 1. The largest absolute Gasteiger partial charge is 0.495 e. The van der Waals surface area contributed by atoms with Crippen molar-refractivity contribution < 1.29 is 14.3 Å². The Hall–Kier alpha value is -3.00. The van der Waals surface area contributed by atoms with Crippen molar-refractivity contribution in [2.24, 2.45) is 0 Å². The van der Waals surface area contributed by atoms with Crippen LogP contribution in [0.15, 0.2) is 47.6 Å². The number of aryl methyl sites for hydroxylation is 1. The lowest BCUT2D eigenvalue weighted by atomic mass is 10.2. The van der Waals surface area contributed by atoms with E-state index in [9.17, 15) is 9.59 Å². The molecule has 2 amide bonds. The van der Waals surface area contributed by atoms with E-state index in [-0.39, 0.29) is 24.1 Å². The van der Waals surface area contributed by atoms with E-state index in [4.69, 9.17) is 4.74 Å². The topological polar surface area (TPSA) is 96.1 Å². The van der Waals surface area contributed by atoms with Crippen LogP contribution in [0.2, 0.25) is 0 Å². The quantitative estimate of drug-likeness (QED) is 0.544. The van der Waals surface area contributed by atoms with Crippen LogP contribution < -0.4 is 15.4 Å². The molecular weight excluding hydrogens is 364 g/mol. The summed E-state index contributed by atoms with van der Waals surface area (Å²) in [6.07, 6.45) is 0. The Morgan fingerprint density at radius 3 is 2.78 bits per heavy atom. The average Bonchev–Trinajstić information content (AvgIpc) is 3.08. The second kappa shape index (κ2) is 8.59. The number of hydrogen-bond acceptors (Lipinski definition) is 5. The van der Waals surface area contributed by atoms with Gasteiger partial charge in [-0.15, -0.1) is 0 Å². The molecule has 0 saturated carbocycles. The van der Waals surface area contributed by atoms with Crippen LogP contribution in [0, 0.1) is 6.92 Å².